The quantitative estimate of drug-likeness (QED) is 0.806. The highest BCUT2D eigenvalue weighted by Gasteiger charge is 2.41. The Balaban J connectivity index is 2.11. The maximum Gasteiger partial charge on any atom is 0.305 e. The van der Waals surface area contributed by atoms with Gasteiger partial charge < -0.3 is 9.84 Å². The van der Waals surface area contributed by atoms with Gasteiger partial charge in [0.05, 0.1) is 19.6 Å². The van der Waals surface area contributed by atoms with Gasteiger partial charge in [0.2, 0.25) is 0 Å². The first-order valence-corrected chi connectivity index (χ1v) is 8.08. The molecule has 20 heavy (non-hydrogen) atoms. The molecule has 4 nitrogen and oxygen atoms in total. The van der Waals surface area contributed by atoms with Crippen molar-refractivity contribution in [1.82, 2.24) is 4.90 Å². The second kappa shape index (κ2) is 6.90. The van der Waals surface area contributed by atoms with Crippen molar-refractivity contribution in [2.75, 3.05) is 26.3 Å². The Hall–Kier alpha value is -0.610. The van der Waals surface area contributed by atoms with Crippen molar-refractivity contribution in [2.45, 2.75) is 57.9 Å². The van der Waals surface area contributed by atoms with Crippen LogP contribution in [0.4, 0.5) is 0 Å². The zero-order valence-corrected chi connectivity index (χ0v) is 12.9. The number of ether oxygens (including phenoxy) is 1. The Labute approximate surface area is 122 Å². The Morgan fingerprint density at radius 3 is 2.60 bits per heavy atom. The minimum Gasteiger partial charge on any atom is -0.481 e. The smallest absolute Gasteiger partial charge is 0.305 e. The number of morpholine rings is 1. The van der Waals surface area contributed by atoms with Gasteiger partial charge in [-0.15, -0.1) is 0 Å². The Morgan fingerprint density at radius 2 is 2.00 bits per heavy atom. The van der Waals surface area contributed by atoms with Crippen LogP contribution in [0, 0.1) is 11.8 Å². The van der Waals surface area contributed by atoms with Crippen molar-refractivity contribution in [2.24, 2.45) is 11.8 Å². The van der Waals surface area contributed by atoms with Gasteiger partial charge in [0.15, 0.2) is 0 Å². The van der Waals surface area contributed by atoms with Crippen molar-refractivity contribution in [3.63, 3.8) is 0 Å². The summed E-state index contributed by atoms with van der Waals surface area (Å²) in [6.45, 7) is 7.86. The second-order valence-corrected chi connectivity index (χ2v) is 6.83. The molecule has 0 aromatic carbocycles. The summed E-state index contributed by atoms with van der Waals surface area (Å²) in [7, 11) is 0. The van der Waals surface area contributed by atoms with Crippen LogP contribution in [0.5, 0.6) is 0 Å². The van der Waals surface area contributed by atoms with Crippen molar-refractivity contribution < 1.29 is 14.6 Å². The number of carboxylic acid groups (broad SMARTS) is 1. The molecule has 0 aromatic rings. The van der Waals surface area contributed by atoms with Gasteiger partial charge in [-0.05, 0) is 31.1 Å². The molecule has 4 heteroatoms. The molecule has 1 heterocycles. The standard InChI is InChI=1S/C16H29NO3/c1-13(2)14-4-3-6-16(7-5-14,12-15(18)19)17-8-10-20-11-9-17/h13-14H,3-12H2,1-2H3,(H,18,19). The molecule has 0 amide bonds. The molecule has 0 radical (unpaired) electrons. The SMILES string of the molecule is CC(C)C1CCCC(CC(=O)O)(N2CCOCC2)CC1. The predicted octanol–water partition coefficient (Wildman–Crippen LogP) is 2.77. The number of aliphatic carboxylic acids is 1. The van der Waals surface area contributed by atoms with Gasteiger partial charge in [-0.1, -0.05) is 26.7 Å². The van der Waals surface area contributed by atoms with Gasteiger partial charge in [0.25, 0.3) is 0 Å². The highest BCUT2D eigenvalue weighted by molar-refractivity contribution is 5.68. The van der Waals surface area contributed by atoms with Crippen LogP contribution in [0.1, 0.15) is 52.4 Å². The summed E-state index contributed by atoms with van der Waals surface area (Å²) in [4.78, 5) is 13.8. The lowest BCUT2D eigenvalue weighted by Crippen LogP contribution is -2.54. The van der Waals surface area contributed by atoms with Crippen LogP contribution < -0.4 is 0 Å². The fourth-order valence-electron chi connectivity index (χ4n) is 4.01. The molecule has 0 spiro atoms. The largest absolute Gasteiger partial charge is 0.481 e. The first-order valence-electron chi connectivity index (χ1n) is 8.08. The van der Waals surface area contributed by atoms with E-state index in [1.807, 2.05) is 0 Å². The summed E-state index contributed by atoms with van der Waals surface area (Å²) in [5.74, 6) is 0.812. The van der Waals surface area contributed by atoms with Crippen LogP contribution in [0.2, 0.25) is 0 Å². The average molecular weight is 283 g/mol. The summed E-state index contributed by atoms with van der Waals surface area (Å²) in [6, 6.07) is 0. The first kappa shape index (κ1) is 15.8. The average Bonchev–Trinajstić information content (AvgIpc) is 2.63. The molecule has 2 atom stereocenters. The fraction of sp³-hybridized carbons (Fsp3) is 0.938. The van der Waals surface area contributed by atoms with Crippen molar-refractivity contribution >= 4 is 5.97 Å². The van der Waals surface area contributed by atoms with E-state index < -0.39 is 5.97 Å². The number of nitrogens with zero attached hydrogens (tertiary/aromatic N) is 1. The molecule has 1 N–H and O–H groups in total. The molecule has 2 unspecified atom stereocenters. The molecular weight excluding hydrogens is 254 g/mol. The van der Waals surface area contributed by atoms with Crippen LogP contribution >= 0.6 is 0 Å². The number of carboxylic acids is 1. The molecule has 2 aliphatic rings. The summed E-state index contributed by atoms with van der Waals surface area (Å²) in [6.07, 6.45) is 5.93. The molecule has 0 aromatic heterocycles. The Morgan fingerprint density at radius 1 is 1.30 bits per heavy atom. The molecule has 2 fully saturated rings. The van der Waals surface area contributed by atoms with E-state index in [4.69, 9.17) is 4.74 Å². The van der Waals surface area contributed by atoms with Crippen molar-refractivity contribution in [3.8, 4) is 0 Å². The number of hydrogen-bond acceptors (Lipinski definition) is 3. The molecule has 116 valence electrons. The van der Waals surface area contributed by atoms with E-state index in [0.29, 0.717) is 5.92 Å². The highest BCUT2D eigenvalue weighted by Crippen LogP contribution is 2.39. The zero-order valence-electron chi connectivity index (χ0n) is 12.9. The van der Waals surface area contributed by atoms with E-state index in [2.05, 4.69) is 18.7 Å². The highest BCUT2D eigenvalue weighted by atomic mass is 16.5. The maximum absolute atomic E-state index is 11.4. The number of carbonyl (C=O) groups is 1. The third kappa shape index (κ3) is 3.73. The minimum atomic E-state index is -0.653. The fourth-order valence-corrected chi connectivity index (χ4v) is 4.01. The van der Waals surface area contributed by atoms with Gasteiger partial charge >= 0.3 is 5.97 Å². The van der Waals surface area contributed by atoms with Gasteiger partial charge in [0.1, 0.15) is 0 Å². The van der Waals surface area contributed by atoms with Crippen LogP contribution in [0.25, 0.3) is 0 Å². The van der Waals surface area contributed by atoms with Gasteiger partial charge in [0, 0.05) is 18.6 Å². The Bertz CT molecular complexity index is 326. The Kier molecular flexibility index (Phi) is 5.44. The lowest BCUT2D eigenvalue weighted by atomic mass is 9.83. The van der Waals surface area contributed by atoms with Crippen LogP contribution in [-0.2, 0) is 9.53 Å². The summed E-state index contributed by atoms with van der Waals surface area (Å²) in [5, 5.41) is 9.37. The normalized spacial score (nSPS) is 33.0. The van der Waals surface area contributed by atoms with Crippen LogP contribution in [0.3, 0.4) is 0 Å². The molecule has 1 saturated heterocycles. The third-order valence-electron chi connectivity index (χ3n) is 5.30. The summed E-state index contributed by atoms with van der Waals surface area (Å²) < 4.78 is 5.44. The monoisotopic (exact) mass is 283 g/mol. The molecule has 1 aliphatic carbocycles. The predicted molar refractivity (Wildman–Crippen MR) is 78.8 cm³/mol. The second-order valence-electron chi connectivity index (χ2n) is 6.83. The molecule has 0 bridgehead atoms. The lowest BCUT2D eigenvalue weighted by molar-refractivity contribution is -0.142. The molecule has 1 saturated carbocycles. The van der Waals surface area contributed by atoms with Gasteiger partial charge in [-0.25, -0.2) is 0 Å². The third-order valence-corrected chi connectivity index (χ3v) is 5.30. The van der Waals surface area contributed by atoms with Gasteiger partial charge in [-0.3, -0.25) is 9.69 Å². The van der Waals surface area contributed by atoms with E-state index in [1.165, 1.54) is 12.8 Å². The lowest BCUT2D eigenvalue weighted by Gasteiger charge is -2.45. The summed E-state index contributed by atoms with van der Waals surface area (Å²) in [5.41, 5.74) is -0.126. The van der Waals surface area contributed by atoms with E-state index in [-0.39, 0.29) is 12.0 Å². The molecule has 1 aliphatic heterocycles. The minimum absolute atomic E-state index is 0.126. The van der Waals surface area contributed by atoms with Crippen LogP contribution in [0.15, 0.2) is 0 Å². The van der Waals surface area contributed by atoms with Gasteiger partial charge in [-0.2, -0.15) is 0 Å². The number of rotatable bonds is 4. The van der Waals surface area contributed by atoms with Crippen LogP contribution in [-0.4, -0.2) is 47.8 Å². The number of hydrogen-bond donors (Lipinski definition) is 1. The first-order chi connectivity index (χ1) is 9.53. The van der Waals surface area contributed by atoms with E-state index in [9.17, 15) is 9.90 Å². The maximum atomic E-state index is 11.4. The van der Waals surface area contributed by atoms with E-state index in [0.717, 1.165) is 51.5 Å². The topological polar surface area (TPSA) is 49.8 Å². The summed E-state index contributed by atoms with van der Waals surface area (Å²) >= 11 is 0. The van der Waals surface area contributed by atoms with E-state index >= 15 is 0 Å². The van der Waals surface area contributed by atoms with Crippen molar-refractivity contribution in [3.05, 3.63) is 0 Å². The van der Waals surface area contributed by atoms with E-state index in [1.54, 1.807) is 0 Å². The van der Waals surface area contributed by atoms with Crippen molar-refractivity contribution in [1.29, 1.82) is 0 Å². The molecule has 2 rings (SSSR count). The molecular formula is C16H29NO3. The zero-order chi connectivity index (χ0) is 14.6.